The van der Waals surface area contributed by atoms with Crippen LogP contribution in [0.15, 0.2) is 66.7 Å². The molecule has 0 bridgehead atoms. The predicted octanol–water partition coefficient (Wildman–Crippen LogP) is 5.72. The van der Waals surface area contributed by atoms with Gasteiger partial charge < -0.3 is 39.4 Å². The molecule has 0 aliphatic carbocycles. The molecule has 4 atom stereocenters. The Hall–Kier alpha value is -4.40. The van der Waals surface area contributed by atoms with Gasteiger partial charge in [0.15, 0.2) is 0 Å². The second-order valence-corrected chi connectivity index (χ2v) is 11.2. The van der Waals surface area contributed by atoms with Crippen LogP contribution >= 0.6 is 0 Å². The van der Waals surface area contributed by atoms with Gasteiger partial charge in [0, 0.05) is 34.9 Å². The van der Waals surface area contributed by atoms with E-state index < -0.39 is 24.0 Å². The second-order valence-electron chi connectivity index (χ2n) is 11.2. The molecule has 0 radical (unpaired) electrons. The van der Waals surface area contributed by atoms with Crippen molar-refractivity contribution in [2.24, 2.45) is 11.8 Å². The Balaban J connectivity index is 1.36. The van der Waals surface area contributed by atoms with Gasteiger partial charge in [0.05, 0.1) is 39.6 Å². The monoisotopic (exact) mass is 584 g/mol. The van der Waals surface area contributed by atoms with Crippen LogP contribution in [0.1, 0.15) is 46.9 Å². The molecule has 8 heteroatoms. The highest BCUT2D eigenvalue weighted by molar-refractivity contribution is 5.72. The Morgan fingerprint density at radius 1 is 0.744 bits per heavy atom. The number of phenolic OH excluding ortho intramolecular Hbond substituents is 2. The van der Waals surface area contributed by atoms with Crippen LogP contribution in [0.2, 0.25) is 0 Å². The van der Waals surface area contributed by atoms with E-state index in [2.05, 4.69) is 0 Å². The number of hydrogen-bond acceptors (Lipinski definition) is 8. The van der Waals surface area contributed by atoms with Crippen molar-refractivity contribution in [3.63, 3.8) is 0 Å². The van der Waals surface area contributed by atoms with Gasteiger partial charge in [-0.25, -0.2) is 0 Å². The van der Waals surface area contributed by atoms with Gasteiger partial charge in [0.25, 0.3) is 0 Å². The first-order valence-corrected chi connectivity index (χ1v) is 14.5. The number of benzene rings is 4. The van der Waals surface area contributed by atoms with E-state index in [0.717, 1.165) is 27.8 Å². The number of aliphatic hydroxyl groups is 2. The highest BCUT2D eigenvalue weighted by atomic mass is 16.5. The fourth-order valence-electron chi connectivity index (χ4n) is 6.32. The number of aromatic hydroxyl groups is 2. The molecule has 43 heavy (non-hydrogen) atoms. The van der Waals surface area contributed by atoms with Crippen molar-refractivity contribution in [2.75, 3.05) is 27.4 Å². The smallest absolute Gasteiger partial charge is 0.128 e. The van der Waals surface area contributed by atoms with Crippen LogP contribution in [0.4, 0.5) is 0 Å². The van der Waals surface area contributed by atoms with E-state index in [0.29, 0.717) is 47.0 Å². The van der Waals surface area contributed by atoms with Crippen molar-refractivity contribution >= 4 is 0 Å². The number of ether oxygens (including phenoxy) is 4. The van der Waals surface area contributed by atoms with E-state index in [1.807, 2.05) is 25.1 Å². The lowest BCUT2D eigenvalue weighted by Gasteiger charge is -2.40. The van der Waals surface area contributed by atoms with Crippen LogP contribution in [0.25, 0.3) is 11.1 Å². The van der Waals surface area contributed by atoms with Crippen molar-refractivity contribution < 1.29 is 39.4 Å². The average Bonchev–Trinajstić information content (AvgIpc) is 3.02. The maximum Gasteiger partial charge on any atom is 0.128 e. The molecule has 0 amide bonds. The van der Waals surface area contributed by atoms with Crippen molar-refractivity contribution in [1.29, 1.82) is 0 Å². The molecule has 4 aromatic carbocycles. The summed E-state index contributed by atoms with van der Waals surface area (Å²) in [5, 5.41) is 44.1. The topological polar surface area (TPSA) is 118 Å². The Bertz CT molecular complexity index is 1650. The number of methoxy groups -OCH3 is 2. The van der Waals surface area contributed by atoms with Gasteiger partial charge in [-0.3, -0.25) is 0 Å². The van der Waals surface area contributed by atoms with Crippen LogP contribution in [0.3, 0.4) is 0 Å². The first-order valence-electron chi connectivity index (χ1n) is 14.5. The zero-order chi connectivity index (χ0) is 30.2. The largest absolute Gasteiger partial charge is 0.508 e. The van der Waals surface area contributed by atoms with Gasteiger partial charge in [-0.1, -0.05) is 19.1 Å². The molecule has 0 aromatic heterocycles. The van der Waals surface area contributed by atoms with E-state index in [9.17, 15) is 20.4 Å². The Kier molecular flexibility index (Phi) is 7.81. The summed E-state index contributed by atoms with van der Waals surface area (Å²) < 4.78 is 23.3. The minimum absolute atomic E-state index is 0.153. The third-order valence-corrected chi connectivity index (χ3v) is 8.69. The summed E-state index contributed by atoms with van der Waals surface area (Å²) in [6.45, 7) is 2.39. The zero-order valence-corrected chi connectivity index (χ0v) is 24.4. The molecule has 224 valence electrons. The van der Waals surface area contributed by atoms with E-state index in [4.69, 9.17) is 18.9 Å². The fraction of sp³-hybridized carbons (Fsp3) is 0.314. The Labute approximate surface area is 250 Å². The summed E-state index contributed by atoms with van der Waals surface area (Å²) in [6.07, 6.45) is -0.799. The van der Waals surface area contributed by atoms with E-state index in [-0.39, 0.29) is 24.7 Å². The van der Waals surface area contributed by atoms with Gasteiger partial charge in [0.1, 0.15) is 34.5 Å². The highest BCUT2D eigenvalue weighted by Gasteiger charge is 2.43. The number of hydrogen-bond donors (Lipinski definition) is 4. The molecule has 4 N–H and O–H groups in total. The van der Waals surface area contributed by atoms with Crippen LogP contribution in [0.5, 0.6) is 34.5 Å². The molecular formula is C35H36O8. The molecule has 4 aromatic rings. The Morgan fingerprint density at radius 2 is 1.47 bits per heavy atom. The molecule has 8 nitrogen and oxygen atoms in total. The highest BCUT2D eigenvalue weighted by Crippen LogP contribution is 2.49. The third kappa shape index (κ3) is 5.32. The fourth-order valence-corrected chi connectivity index (χ4v) is 6.32. The molecule has 2 heterocycles. The normalized spacial score (nSPS) is 20.8. The minimum Gasteiger partial charge on any atom is -0.508 e. The average molecular weight is 585 g/mol. The first-order chi connectivity index (χ1) is 20.8. The lowest BCUT2D eigenvalue weighted by atomic mass is 9.77. The van der Waals surface area contributed by atoms with Crippen molar-refractivity contribution in [2.45, 2.75) is 32.0 Å². The van der Waals surface area contributed by atoms with Gasteiger partial charge in [-0.2, -0.15) is 0 Å². The first kappa shape index (κ1) is 28.7. The lowest BCUT2D eigenvalue weighted by Crippen LogP contribution is -2.40. The summed E-state index contributed by atoms with van der Waals surface area (Å²) in [6, 6.07) is 19.7. The van der Waals surface area contributed by atoms with E-state index in [1.165, 1.54) is 0 Å². The summed E-state index contributed by atoms with van der Waals surface area (Å²) >= 11 is 0. The molecule has 0 saturated heterocycles. The predicted molar refractivity (Wildman–Crippen MR) is 161 cm³/mol. The quantitative estimate of drug-likeness (QED) is 0.218. The number of aliphatic hydroxyl groups excluding tert-OH is 2. The minimum atomic E-state index is -0.950. The number of rotatable bonds is 7. The lowest BCUT2D eigenvalue weighted by molar-refractivity contribution is -0.0554. The SMILES string of the molecule is CCc1cc(-c2cccc(O)c2)c(Cc2cc(OC)cc3c2OCC(C2COc4ccc(OC)cc4C2O)C3O)cc1O. The standard InChI is InChI=1S/C35H36O8/c1-4-19-13-26(20-6-5-7-23(36)11-20)21(14-31(19)37)10-22-12-25(41-3)16-28-34(39)30(18-43-35(22)28)29-17-42-32-9-8-24(40-2)15-27(32)33(29)38/h5-9,11-16,29-30,33-34,36-39H,4,10,17-18H2,1-3H3. The molecule has 6 rings (SSSR count). The zero-order valence-electron chi connectivity index (χ0n) is 24.4. The molecular weight excluding hydrogens is 548 g/mol. The maximum atomic E-state index is 11.7. The molecule has 0 saturated carbocycles. The molecule has 2 aliphatic rings. The number of aryl methyl sites for hydroxylation is 1. The van der Waals surface area contributed by atoms with Crippen molar-refractivity contribution in [1.82, 2.24) is 0 Å². The molecule has 4 unspecified atom stereocenters. The second kappa shape index (κ2) is 11.7. The maximum absolute atomic E-state index is 11.7. The van der Waals surface area contributed by atoms with Gasteiger partial charge in [0.2, 0.25) is 0 Å². The Morgan fingerprint density at radius 3 is 2.19 bits per heavy atom. The van der Waals surface area contributed by atoms with Gasteiger partial charge in [-0.05, 0) is 83.3 Å². The van der Waals surface area contributed by atoms with Gasteiger partial charge >= 0.3 is 0 Å². The van der Waals surface area contributed by atoms with E-state index in [1.54, 1.807) is 62.8 Å². The van der Waals surface area contributed by atoms with Crippen molar-refractivity contribution in [3.05, 3.63) is 94.5 Å². The summed E-state index contributed by atoms with van der Waals surface area (Å²) in [5.41, 5.74) is 5.32. The molecule has 2 aliphatic heterocycles. The van der Waals surface area contributed by atoms with Crippen LogP contribution in [-0.2, 0) is 12.8 Å². The molecule has 0 spiro atoms. The molecule has 0 fully saturated rings. The van der Waals surface area contributed by atoms with E-state index >= 15 is 0 Å². The van der Waals surface area contributed by atoms with Crippen LogP contribution < -0.4 is 18.9 Å². The van der Waals surface area contributed by atoms with Crippen molar-refractivity contribution in [3.8, 4) is 45.6 Å². The number of fused-ring (bicyclic) bond motifs is 2. The van der Waals surface area contributed by atoms with Gasteiger partial charge in [-0.15, -0.1) is 0 Å². The van der Waals surface area contributed by atoms with Crippen LogP contribution in [0, 0.1) is 11.8 Å². The van der Waals surface area contributed by atoms with Crippen LogP contribution in [-0.4, -0.2) is 47.9 Å². The summed E-state index contributed by atoms with van der Waals surface area (Å²) in [4.78, 5) is 0. The number of phenols is 2. The summed E-state index contributed by atoms with van der Waals surface area (Å²) in [7, 11) is 3.14. The summed E-state index contributed by atoms with van der Waals surface area (Å²) in [5.74, 6) is 1.80. The third-order valence-electron chi connectivity index (χ3n) is 8.69.